The Balaban J connectivity index is 2.40. The standard InChI is InChI=1S/C6H4N12O10/c19-14(20)3-7-5(16(23)24)12(9-3)1-11(18(27)28)2-13-6(17(25)26)8-4(10-13)15(21)22/h1-2H2. The maximum Gasteiger partial charge on any atom is 0.508 e. The molecule has 2 aromatic heterocycles. The highest BCUT2D eigenvalue weighted by Crippen LogP contribution is 2.17. The summed E-state index contributed by atoms with van der Waals surface area (Å²) < 4.78 is 0.357. The molecule has 0 aliphatic carbocycles. The zero-order valence-corrected chi connectivity index (χ0v) is 12.9. The normalized spacial score (nSPS) is 10.4. The van der Waals surface area contributed by atoms with Crippen LogP contribution >= 0.6 is 0 Å². The van der Waals surface area contributed by atoms with Crippen LogP contribution in [0.5, 0.6) is 0 Å². The van der Waals surface area contributed by atoms with Crippen molar-refractivity contribution in [3.63, 3.8) is 0 Å². The number of nitrogens with zero attached hydrogens (tertiary/aromatic N) is 12. The van der Waals surface area contributed by atoms with Crippen LogP contribution in [0.1, 0.15) is 0 Å². The van der Waals surface area contributed by atoms with Crippen molar-refractivity contribution in [1.82, 2.24) is 34.5 Å². The average molecular weight is 404 g/mol. The highest BCUT2D eigenvalue weighted by Gasteiger charge is 2.36. The van der Waals surface area contributed by atoms with E-state index in [1.807, 2.05) is 0 Å². The molecule has 0 saturated heterocycles. The fourth-order valence-electron chi connectivity index (χ4n) is 1.72. The largest absolute Gasteiger partial charge is 0.508 e. The third-order valence-electron chi connectivity index (χ3n) is 2.76. The zero-order valence-electron chi connectivity index (χ0n) is 12.9. The molecule has 22 nitrogen and oxygen atoms in total. The van der Waals surface area contributed by atoms with Crippen molar-refractivity contribution in [2.24, 2.45) is 0 Å². The van der Waals surface area contributed by atoms with E-state index in [0.717, 1.165) is 0 Å². The summed E-state index contributed by atoms with van der Waals surface area (Å²) in [6, 6.07) is 0. The minimum atomic E-state index is -1.22. The highest BCUT2D eigenvalue weighted by atomic mass is 16.7. The van der Waals surface area contributed by atoms with E-state index in [2.05, 4.69) is 20.2 Å². The number of hydrogen-bond donors (Lipinski definition) is 0. The van der Waals surface area contributed by atoms with E-state index in [9.17, 15) is 50.6 Å². The first kappa shape index (κ1) is 19.4. The summed E-state index contributed by atoms with van der Waals surface area (Å²) in [5.41, 5.74) is 0. The van der Waals surface area contributed by atoms with E-state index >= 15 is 0 Å². The summed E-state index contributed by atoms with van der Waals surface area (Å²) in [6.45, 7) is -2.29. The predicted octanol–water partition coefficient (Wildman–Crippen LogP) is -1.39. The van der Waals surface area contributed by atoms with Gasteiger partial charge in [-0.3, -0.25) is 0 Å². The second-order valence-electron chi connectivity index (χ2n) is 4.48. The number of hydrazine groups is 1. The third-order valence-corrected chi connectivity index (χ3v) is 2.76. The summed E-state index contributed by atoms with van der Waals surface area (Å²) in [5.74, 6) is -4.90. The Hall–Kier alpha value is -4.92. The van der Waals surface area contributed by atoms with Crippen LogP contribution < -0.4 is 0 Å². The van der Waals surface area contributed by atoms with Gasteiger partial charge in [-0.2, -0.15) is 0 Å². The maximum atomic E-state index is 11.2. The molecule has 0 bridgehead atoms. The van der Waals surface area contributed by atoms with Gasteiger partial charge in [-0.1, -0.05) is 5.01 Å². The molecule has 148 valence electrons. The number of rotatable bonds is 9. The Morgan fingerprint density at radius 3 is 1.29 bits per heavy atom. The molecule has 0 spiro atoms. The van der Waals surface area contributed by atoms with Gasteiger partial charge in [-0.05, 0) is 29.1 Å². The number of aromatic nitrogens is 6. The molecule has 0 unspecified atom stereocenters. The van der Waals surface area contributed by atoms with Gasteiger partial charge in [0.2, 0.25) is 13.3 Å². The molecule has 2 aromatic rings. The molecule has 0 atom stereocenters. The van der Waals surface area contributed by atoms with Crippen LogP contribution in [0.3, 0.4) is 0 Å². The van der Waals surface area contributed by atoms with Crippen LogP contribution in [0.15, 0.2) is 0 Å². The molecule has 0 fully saturated rings. The SMILES string of the molecule is O=[N+]([O-])c1nc([N+](=O)[O-])n(CN(Cn2nc([N+](=O)[O-])nc2[N+](=O)[O-])[N+](=O)[O-])n1. The first-order chi connectivity index (χ1) is 13.0. The second kappa shape index (κ2) is 7.14. The summed E-state index contributed by atoms with van der Waals surface area (Å²) in [5, 5.41) is 59.2. The van der Waals surface area contributed by atoms with Crippen molar-refractivity contribution in [1.29, 1.82) is 0 Å². The molecular weight excluding hydrogens is 400 g/mol. The molecule has 0 amide bonds. The van der Waals surface area contributed by atoms with Crippen molar-refractivity contribution >= 4 is 23.8 Å². The molecule has 0 aliphatic heterocycles. The minimum absolute atomic E-state index is 0.0385. The van der Waals surface area contributed by atoms with Gasteiger partial charge in [0, 0.05) is 9.97 Å². The zero-order chi connectivity index (χ0) is 21.2. The summed E-state index contributed by atoms with van der Waals surface area (Å²) in [6.07, 6.45) is 0. The third kappa shape index (κ3) is 3.83. The van der Waals surface area contributed by atoms with Gasteiger partial charge in [-0.25, -0.2) is 10.1 Å². The molecule has 28 heavy (non-hydrogen) atoms. The topological polar surface area (TPSA) is 280 Å². The second-order valence-corrected chi connectivity index (χ2v) is 4.48. The summed E-state index contributed by atoms with van der Waals surface area (Å²) in [7, 11) is 0. The predicted molar refractivity (Wildman–Crippen MR) is 75.5 cm³/mol. The molecule has 0 aliphatic rings. The molecule has 0 aromatic carbocycles. The van der Waals surface area contributed by atoms with Crippen LogP contribution in [-0.2, 0) is 13.3 Å². The van der Waals surface area contributed by atoms with Crippen molar-refractivity contribution in [2.45, 2.75) is 13.3 Å². The first-order valence-electron chi connectivity index (χ1n) is 6.37. The maximum absolute atomic E-state index is 11.2. The van der Waals surface area contributed by atoms with Gasteiger partial charge in [0.25, 0.3) is 0 Å². The lowest BCUT2D eigenvalue weighted by Crippen LogP contribution is -2.35. The van der Waals surface area contributed by atoms with Crippen LogP contribution in [0.2, 0.25) is 0 Å². The molecule has 0 saturated carbocycles. The van der Waals surface area contributed by atoms with Crippen molar-refractivity contribution in [3.8, 4) is 0 Å². The van der Waals surface area contributed by atoms with Crippen molar-refractivity contribution in [3.05, 3.63) is 50.6 Å². The van der Waals surface area contributed by atoms with Gasteiger partial charge < -0.3 is 40.5 Å². The molecule has 22 heteroatoms. The Kier molecular flexibility index (Phi) is 4.95. The fourth-order valence-corrected chi connectivity index (χ4v) is 1.72. The number of hydrogen-bond acceptors (Lipinski definition) is 14. The van der Waals surface area contributed by atoms with E-state index in [1.165, 1.54) is 0 Å². The Morgan fingerprint density at radius 2 is 1.04 bits per heavy atom. The Bertz CT molecular complexity index is 919. The van der Waals surface area contributed by atoms with Crippen LogP contribution in [0, 0.1) is 50.6 Å². The van der Waals surface area contributed by atoms with Crippen molar-refractivity contribution in [2.75, 3.05) is 0 Å². The molecule has 2 heterocycles. The van der Waals surface area contributed by atoms with Crippen molar-refractivity contribution < 1.29 is 24.7 Å². The molecule has 0 radical (unpaired) electrons. The van der Waals surface area contributed by atoms with E-state index in [-0.39, 0.29) is 14.4 Å². The van der Waals surface area contributed by atoms with Crippen LogP contribution in [0.25, 0.3) is 0 Å². The smallest absolute Gasteiger partial charge is 0.390 e. The van der Waals surface area contributed by atoms with Gasteiger partial charge in [0.1, 0.15) is 0 Å². The molecule has 2 rings (SSSR count). The summed E-state index contributed by atoms with van der Waals surface area (Å²) >= 11 is 0. The van der Waals surface area contributed by atoms with Gasteiger partial charge in [-0.15, -0.1) is 0 Å². The van der Waals surface area contributed by atoms with E-state index in [1.54, 1.807) is 0 Å². The van der Waals surface area contributed by atoms with Gasteiger partial charge >= 0.3 is 23.8 Å². The lowest BCUT2D eigenvalue weighted by molar-refractivity contribution is -0.672. The molecular formula is C6H4N12O10. The Morgan fingerprint density at radius 1 is 0.679 bits per heavy atom. The lowest BCUT2D eigenvalue weighted by atomic mass is 10.8. The fraction of sp³-hybridized carbons (Fsp3) is 0.333. The van der Waals surface area contributed by atoms with Gasteiger partial charge in [0.05, 0.1) is 10.2 Å². The Labute approximate surface area is 148 Å². The minimum Gasteiger partial charge on any atom is -0.390 e. The monoisotopic (exact) mass is 404 g/mol. The highest BCUT2D eigenvalue weighted by molar-refractivity contribution is 5.15. The van der Waals surface area contributed by atoms with Gasteiger partial charge in [0.15, 0.2) is 5.03 Å². The van der Waals surface area contributed by atoms with E-state index in [0.29, 0.717) is 0 Å². The summed E-state index contributed by atoms with van der Waals surface area (Å²) in [4.78, 5) is 55.3. The van der Waals surface area contributed by atoms with E-state index < -0.39 is 61.9 Å². The number of nitro groups is 5. The quantitative estimate of drug-likeness (QED) is 0.343. The lowest BCUT2D eigenvalue weighted by Gasteiger charge is -2.08. The molecule has 0 N–H and O–H groups in total. The average Bonchev–Trinajstić information content (AvgIpc) is 3.18. The first-order valence-corrected chi connectivity index (χ1v) is 6.37. The van der Waals surface area contributed by atoms with Crippen LogP contribution in [-0.4, -0.2) is 59.3 Å². The van der Waals surface area contributed by atoms with E-state index in [4.69, 9.17) is 0 Å². The van der Waals surface area contributed by atoms with Crippen LogP contribution in [0.4, 0.5) is 23.8 Å².